The van der Waals surface area contributed by atoms with Gasteiger partial charge in [-0.25, -0.2) is 0 Å². The molecule has 0 heterocycles. The van der Waals surface area contributed by atoms with Crippen LogP contribution in [0.2, 0.25) is 0 Å². The zero-order valence-corrected chi connectivity index (χ0v) is 15.6. The standard InChI is InChI=1S/C20H32O4/c1-5-19(3,9-13(2)17(21)23-4)18(22)24-20-10-14-6-15(11-20)8-16(7-14)12-20/h13-16H,5-12H2,1-4H3. The largest absolute Gasteiger partial charge is 0.469 e. The first kappa shape index (κ1) is 17.8. The van der Waals surface area contributed by atoms with Crippen LogP contribution < -0.4 is 0 Å². The first-order chi connectivity index (χ1) is 11.3. The fourth-order valence-electron chi connectivity index (χ4n) is 5.81. The molecule has 4 heteroatoms. The minimum absolute atomic E-state index is 0.109. The molecule has 0 spiro atoms. The highest BCUT2D eigenvalue weighted by Gasteiger charge is 2.54. The van der Waals surface area contributed by atoms with Gasteiger partial charge in [-0.15, -0.1) is 0 Å². The topological polar surface area (TPSA) is 52.6 Å². The molecule has 24 heavy (non-hydrogen) atoms. The number of rotatable bonds is 6. The van der Waals surface area contributed by atoms with Crippen molar-refractivity contribution in [1.29, 1.82) is 0 Å². The summed E-state index contributed by atoms with van der Waals surface area (Å²) in [4.78, 5) is 24.8. The van der Waals surface area contributed by atoms with E-state index in [2.05, 4.69) is 0 Å². The molecule has 136 valence electrons. The second-order valence-electron chi connectivity index (χ2n) is 9.03. The Hall–Kier alpha value is -1.06. The van der Waals surface area contributed by atoms with E-state index >= 15 is 0 Å². The van der Waals surface area contributed by atoms with Gasteiger partial charge >= 0.3 is 11.9 Å². The van der Waals surface area contributed by atoms with Crippen LogP contribution in [0.4, 0.5) is 0 Å². The zero-order valence-electron chi connectivity index (χ0n) is 15.6. The molecule has 4 rings (SSSR count). The van der Waals surface area contributed by atoms with E-state index in [0.717, 1.165) is 37.0 Å². The lowest BCUT2D eigenvalue weighted by atomic mass is 9.54. The highest BCUT2D eigenvalue weighted by molar-refractivity contribution is 5.79. The molecule has 4 saturated carbocycles. The molecule has 0 radical (unpaired) electrons. The van der Waals surface area contributed by atoms with E-state index in [4.69, 9.17) is 9.47 Å². The van der Waals surface area contributed by atoms with Crippen molar-refractivity contribution >= 4 is 11.9 Å². The summed E-state index contributed by atoms with van der Waals surface area (Å²) in [7, 11) is 1.40. The van der Waals surface area contributed by atoms with Gasteiger partial charge in [0.05, 0.1) is 18.4 Å². The Balaban J connectivity index is 1.69. The second kappa shape index (κ2) is 6.34. The van der Waals surface area contributed by atoms with Gasteiger partial charge in [-0.1, -0.05) is 13.8 Å². The third-order valence-corrected chi connectivity index (χ3v) is 6.92. The molecule has 0 aromatic carbocycles. The molecule has 4 fully saturated rings. The second-order valence-corrected chi connectivity index (χ2v) is 9.03. The SMILES string of the molecule is CCC(C)(CC(C)C(=O)OC)C(=O)OC12CC3CC(CC(C3)C1)C2. The van der Waals surface area contributed by atoms with Gasteiger partial charge in [0, 0.05) is 0 Å². The number of ether oxygens (including phenoxy) is 2. The Labute approximate surface area is 145 Å². The molecule has 4 aliphatic rings. The van der Waals surface area contributed by atoms with Crippen molar-refractivity contribution in [3.8, 4) is 0 Å². The van der Waals surface area contributed by atoms with Crippen molar-refractivity contribution in [2.45, 2.75) is 77.7 Å². The number of esters is 2. The maximum absolute atomic E-state index is 13.1. The predicted molar refractivity (Wildman–Crippen MR) is 91.2 cm³/mol. The van der Waals surface area contributed by atoms with Gasteiger partial charge < -0.3 is 9.47 Å². The van der Waals surface area contributed by atoms with E-state index in [1.165, 1.54) is 26.4 Å². The van der Waals surface area contributed by atoms with E-state index in [1.807, 2.05) is 20.8 Å². The van der Waals surface area contributed by atoms with Crippen molar-refractivity contribution in [2.75, 3.05) is 7.11 Å². The fourth-order valence-corrected chi connectivity index (χ4v) is 5.81. The first-order valence-electron chi connectivity index (χ1n) is 9.60. The summed E-state index contributed by atoms with van der Waals surface area (Å²) in [5.74, 6) is 1.62. The first-order valence-corrected chi connectivity index (χ1v) is 9.60. The highest BCUT2D eigenvalue weighted by atomic mass is 16.6. The van der Waals surface area contributed by atoms with Crippen LogP contribution in [0.5, 0.6) is 0 Å². The summed E-state index contributed by atoms with van der Waals surface area (Å²) < 4.78 is 11.1. The quantitative estimate of drug-likeness (QED) is 0.685. The van der Waals surface area contributed by atoms with Crippen molar-refractivity contribution in [3.63, 3.8) is 0 Å². The van der Waals surface area contributed by atoms with E-state index in [-0.39, 0.29) is 23.5 Å². The molecule has 0 aromatic heterocycles. The summed E-state index contributed by atoms with van der Waals surface area (Å²) in [5.41, 5.74) is -0.826. The van der Waals surface area contributed by atoms with Crippen LogP contribution in [0, 0.1) is 29.1 Å². The molecule has 0 aliphatic heterocycles. The summed E-state index contributed by atoms with van der Waals surface area (Å²) in [5, 5.41) is 0. The van der Waals surface area contributed by atoms with Crippen LogP contribution in [0.15, 0.2) is 0 Å². The Kier molecular flexibility index (Phi) is 4.69. The lowest BCUT2D eigenvalue weighted by molar-refractivity contribution is -0.197. The normalized spacial score (nSPS) is 37.6. The minimum Gasteiger partial charge on any atom is -0.469 e. The number of carbonyl (C=O) groups excluding carboxylic acids is 2. The van der Waals surface area contributed by atoms with E-state index in [9.17, 15) is 9.59 Å². The van der Waals surface area contributed by atoms with Crippen molar-refractivity contribution in [2.24, 2.45) is 29.1 Å². The highest BCUT2D eigenvalue weighted by Crippen LogP contribution is 2.57. The third-order valence-electron chi connectivity index (χ3n) is 6.92. The van der Waals surface area contributed by atoms with E-state index in [1.54, 1.807) is 0 Å². The smallest absolute Gasteiger partial charge is 0.312 e. The minimum atomic E-state index is -0.614. The summed E-state index contributed by atoms with van der Waals surface area (Å²) in [6.45, 7) is 5.78. The van der Waals surface area contributed by atoms with Crippen molar-refractivity contribution in [3.05, 3.63) is 0 Å². The van der Waals surface area contributed by atoms with Gasteiger partial charge in [0.1, 0.15) is 5.60 Å². The van der Waals surface area contributed by atoms with E-state index in [0.29, 0.717) is 12.8 Å². The Morgan fingerprint density at radius 1 is 1.12 bits per heavy atom. The van der Waals surface area contributed by atoms with Crippen molar-refractivity contribution in [1.82, 2.24) is 0 Å². The van der Waals surface area contributed by atoms with Gasteiger partial charge in [0.2, 0.25) is 0 Å². The lowest BCUT2D eigenvalue weighted by Gasteiger charge is -2.56. The number of methoxy groups -OCH3 is 1. The van der Waals surface area contributed by atoms with Crippen LogP contribution in [-0.2, 0) is 19.1 Å². The number of hydrogen-bond donors (Lipinski definition) is 0. The number of carbonyl (C=O) groups is 2. The Morgan fingerprint density at radius 2 is 1.62 bits per heavy atom. The summed E-state index contributed by atoms with van der Waals surface area (Å²) in [6.07, 6.45) is 8.33. The van der Waals surface area contributed by atoms with Crippen LogP contribution in [0.1, 0.15) is 72.1 Å². The van der Waals surface area contributed by atoms with Crippen LogP contribution in [-0.4, -0.2) is 24.6 Å². The van der Waals surface area contributed by atoms with Gasteiger partial charge in [0.15, 0.2) is 0 Å². The molecule has 2 atom stereocenters. The molecule has 4 aliphatic carbocycles. The van der Waals surface area contributed by atoms with Crippen LogP contribution in [0.25, 0.3) is 0 Å². The average Bonchev–Trinajstić information content (AvgIpc) is 2.51. The molecular weight excluding hydrogens is 304 g/mol. The summed E-state index contributed by atoms with van der Waals surface area (Å²) in [6, 6.07) is 0. The van der Waals surface area contributed by atoms with Gasteiger partial charge in [0.25, 0.3) is 0 Å². The van der Waals surface area contributed by atoms with Gasteiger partial charge in [-0.2, -0.15) is 0 Å². The molecular formula is C20H32O4. The molecule has 0 aromatic rings. The van der Waals surface area contributed by atoms with Gasteiger partial charge in [-0.3, -0.25) is 9.59 Å². The van der Waals surface area contributed by atoms with Crippen molar-refractivity contribution < 1.29 is 19.1 Å². The zero-order chi connectivity index (χ0) is 17.5. The predicted octanol–water partition coefficient (Wildman–Crippen LogP) is 4.11. The average molecular weight is 336 g/mol. The molecule has 4 bridgehead atoms. The lowest BCUT2D eigenvalue weighted by Crippen LogP contribution is -2.54. The van der Waals surface area contributed by atoms with Crippen LogP contribution in [0.3, 0.4) is 0 Å². The molecule has 2 unspecified atom stereocenters. The maximum atomic E-state index is 13.1. The molecule has 4 nitrogen and oxygen atoms in total. The van der Waals surface area contributed by atoms with Gasteiger partial charge in [-0.05, 0) is 76.0 Å². The Bertz CT molecular complexity index is 476. The fraction of sp³-hybridized carbons (Fsp3) is 0.900. The maximum Gasteiger partial charge on any atom is 0.312 e. The Morgan fingerprint density at radius 3 is 2.04 bits per heavy atom. The van der Waals surface area contributed by atoms with Crippen LogP contribution >= 0.6 is 0 Å². The third kappa shape index (κ3) is 3.21. The van der Waals surface area contributed by atoms with E-state index < -0.39 is 5.41 Å². The molecule has 0 amide bonds. The summed E-state index contributed by atoms with van der Waals surface area (Å²) >= 11 is 0. The monoisotopic (exact) mass is 336 g/mol. The molecule has 0 N–H and O–H groups in total. The number of hydrogen-bond acceptors (Lipinski definition) is 4. The molecule has 0 saturated heterocycles.